The fourth-order valence-corrected chi connectivity index (χ4v) is 7.42. The van der Waals surface area contributed by atoms with Crippen molar-refractivity contribution in [2.45, 2.75) is 276 Å². The lowest BCUT2D eigenvalue weighted by Gasteiger charge is -2.20. The summed E-state index contributed by atoms with van der Waals surface area (Å²) in [6.45, 7) is 4.33. The van der Waals surface area contributed by atoms with Crippen LogP contribution in [-0.2, 0) is 4.79 Å². The molecule has 0 aliphatic heterocycles. The summed E-state index contributed by atoms with van der Waals surface area (Å²) in [5, 5.41) is 23.0. The molecule has 0 fully saturated rings. The predicted molar refractivity (Wildman–Crippen MR) is 226 cm³/mol. The van der Waals surface area contributed by atoms with E-state index in [9.17, 15) is 15.0 Å². The minimum absolute atomic E-state index is 0.0606. The molecule has 0 bridgehead atoms. The van der Waals surface area contributed by atoms with Crippen molar-refractivity contribution in [3.8, 4) is 0 Å². The first-order valence-corrected chi connectivity index (χ1v) is 23.4. The molecule has 0 saturated heterocycles. The molecule has 0 aromatic carbocycles. The number of unbranched alkanes of at least 4 members (excludes halogenated alkanes) is 36. The lowest BCUT2D eigenvalue weighted by Crippen LogP contribution is -2.45. The zero-order valence-corrected chi connectivity index (χ0v) is 34.9. The topological polar surface area (TPSA) is 69.6 Å². The van der Waals surface area contributed by atoms with E-state index in [1.807, 2.05) is 6.08 Å². The third-order valence-corrected chi connectivity index (χ3v) is 11.0. The summed E-state index contributed by atoms with van der Waals surface area (Å²) in [5.41, 5.74) is 0. The monoisotopic (exact) mass is 720 g/mol. The van der Waals surface area contributed by atoms with E-state index in [0.29, 0.717) is 6.42 Å². The smallest absolute Gasteiger partial charge is 0.220 e. The summed E-state index contributed by atoms with van der Waals surface area (Å²) in [6.07, 6.45) is 54.8. The lowest BCUT2D eigenvalue weighted by molar-refractivity contribution is -0.123. The maximum atomic E-state index is 12.4. The second kappa shape index (κ2) is 43.5. The normalized spacial score (nSPS) is 12.9. The van der Waals surface area contributed by atoms with E-state index in [2.05, 4.69) is 19.2 Å². The summed E-state index contributed by atoms with van der Waals surface area (Å²) in [7, 11) is 0. The van der Waals surface area contributed by atoms with Crippen LogP contribution in [0.4, 0.5) is 0 Å². The molecular formula is C47H93NO3. The van der Waals surface area contributed by atoms with Gasteiger partial charge in [-0.1, -0.05) is 251 Å². The van der Waals surface area contributed by atoms with Gasteiger partial charge >= 0.3 is 0 Å². The number of nitrogens with one attached hydrogen (secondary N) is 1. The maximum absolute atomic E-state index is 12.4. The lowest BCUT2D eigenvalue weighted by atomic mass is 10.0. The fourth-order valence-electron chi connectivity index (χ4n) is 7.42. The van der Waals surface area contributed by atoms with Gasteiger partial charge in [-0.05, 0) is 19.3 Å². The first kappa shape index (κ1) is 50.1. The SMILES string of the molecule is CCCCCCCCCCCCCCCCCCCCCCCCCC/C=C/C(O)C(CO)NC(=O)CCCCCCCCCCCCCCC. The molecular weight excluding hydrogens is 627 g/mol. The first-order chi connectivity index (χ1) is 25.2. The van der Waals surface area contributed by atoms with Gasteiger partial charge < -0.3 is 15.5 Å². The molecule has 0 aromatic rings. The van der Waals surface area contributed by atoms with Gasteiger partial charge in [-0.25, -0.2) is 0 Å². The molecule has 51 heavy (non-hydrogen) atoms. The Hall–Kier alpha value is -0.870. The Morgan fingerprint density at radius 3 is 1.02 bits per heavy atom. The number of allylic oxidation sites excluding steroid dienone is 1. The molecule has 4 heteroatoms. The molecule has 304 valence electrons. The molecule has 0 aromatic heterocycles. The zero-order valence-electron chi connectivity index (χ0n) is 34.9. The summed E-state index contributed by atoms with van der Waals surface area (Å²) >= 11 is 0. The quantitative estimate of drug-likeness (QED) is 0.0434. The van der Waals surface area contributed by atoms with Crippen LogP contribution in [0.3, 0.4) is 0 Å². The van der Waals surface area contributed by atoms with E-state index in [1.165, 1.54) is 218 Å². The van der Waals surface area contributed by atoms with Gasteiger partial charge in [0.15, 0.2) is 0 Å². The Balaban J connectivity index is 3.47. The first-order valence-electron chi connectivity index (χ1n) is 23.4. The second-order valence-corrected chi connectivity index (χ2v) is 16.2. The van der Waals surface area contributed by atoms with Crippen molar-refractivity contribution in [1.82, 2.24) is 5.32 Å². The molecule has 4 nitrogen and oxygen atoms in total. The number of rotatable bonds is 43. The highest BCUT2D eigenvalue weighted by Crippen LogP contribution is 2.17. The molecule has 0 aliphatic rings. The van der Waals surface area contributed by atoms with Crippen molar-refractivity contribution in [2.24, 2.45) is 0 Å². The molecule has 0 radical (unpaired) electrons. The van der Waals surface area contributed by atoms with Crippen molar-refractivity contribution in [1.29, 1.82) is 0 Å². The Morgan fingerprint density at radius 1 is 0.451 bits per heavy atom. The van der Waals surface area contributed by atoms with Gasteiger partial charge in [0.1, 0.15) is 0 Å². The van der Waals surface area contributed by atoms with Gasteiger partial charge in [-0.2, -0.15) is 0 Å². The molecule has 0 saturated carbocycles. The molecule has 0 heterocycles. The van der Waals surface area contributed by atoms with Gasteiger partial charge in [0.05, 0.1) is 18.8 Å². The van der Waals surface area contributed by atoms with E-state index in [-0.39, 0.29) is 12.5 Å². The van der Waals surface area contributed by atoms with Crippen molar-refractivity contribution in [3.05, 3.63) is 12.2 Å². The molecule has 2 atom stereocenters. The number of hydrogen-bond donors (Lipinski definition) is 3. The highest BCUT2D eigenvalue weighted by atomic mass is 16.3. The Morgan fingerprint density at radius 2 is 0.725 bits per heavy atom. The maximum Gasteiger partial charge on any atom is 0.220 e. The number of carbonyl (C=O) groups excluding carboxylic acids is 1. The van der Waals surface area contributed by atoms with Gasteiger partial charge in [-0.3, -0.25) is 4.79 Å². The van der Waals surface area contributed by atoms with Crippen molar-refractivity contribution in [2.75, 3.05) is 6.61 Å². The van der Waals surface area contributed by atoms with Gasteiger partial charge in [0.25, 0.3) is 0 Å². The fraction of sp³-hybridized carbons (Fsp3) is 0.936. The number of aliphatic hydroxyl groups excluding tert-OH is 2. The Labute approximate surface area is 320 Å². The second-order valence-electron chi connectivity index (χ2n) is 16.2. The van der Waals surface area contributed by atoms with Crippen LogP contribution in [0.2, 0.25) is 0 Å². The highest BCUT2D eigenvalue weighted by Gasteiger charge is 2.18. The molecule has 2 unspecified atom stereocenters. The van der Waals surface area contributed by atoms with Crippen LogP contribution in [-0.4, -0.2) is 34.9 Å². The van der Waals surface area contributed by atoms with Crippen LogP contribution in [0.15, 0.2) is 12.2 Å². The summed E-state index contributed by atoms with van der Waals surface area (Å²) in [4.78, 5) is 12.4. The molecule has 0 rings (SSSR count). The van der Waals surface area contributed by atoms with Crippen LogP contribution in [0, 0.1) is 0 Å². The molecule has 1 amide bonds. The summed E-state index contributed by atoms with van der Waals surface area (Å²) < 4.78 is 0. The number of hydrogen-bond acceptors (Lipinski definition) is 3. The van der Waals surface area contributed by atoms with E-state index in [1.54, 1.807) is 6.08 Å². The summed E-state index contributed by atoms with van der Waals surface area (Å²) in [6, 6.07) is -0.616. The number of carbonyl (C=O) groups is 1. The van der Waals surface area contributed by atoms with E-state index < -0.39 is 12.1 Å². The van der Waals surface area contributed by atoms with Crippen LogP contribution >= 0.6 is 0 Å². The van der Waals surface area contributed by atoms with Gasteiger partial charge in [0, 0.05) is 6.42 Å². The Bertz CT molecular complexity index is 695. The van der Waals surface area contributed by atoms with Gasteiger partial charge in [-0.15, -0.1) is 0 Å². The van der Waals surface area contributed by atoms with E-state index >= 15 is 0 Å². The van der Waals surface area contributed by atoms with Gasteiger partial charge in [0.2, 0.25) is 5.91 Å². The Kier molecular flexibility index (Phi) is 42.8. The standard InChI is InChI=1S/C47H93NO3/c1-3-5-7-9-11-13-15-17-18-19-20-21-22-23-24-25-26-27-28-29-31-32-34-36-38-40-42-46(50)45(44-49)48-47(51)43-41-39-37-35-33-30-16-14-12-10-8-6-4-2/h40,42,45-46,49-50H,3-39,41,43-44H2,1-2H3,(H,48,51)/b42-40+. The molecule has 0 spiro atoms. The third-order valence-electron chi connectivity index (χ3n) is 11.0. The highest BCUT2D eigenvalue weighted by molar-refractivity contribution is 5.76. The average Bonchev–Trinajstić information content (AvgIpc) is 3.13. The minimum atomic E-state index is -0.833. The summed E-state index contributed by atoms with van der Waals surface area (Å²) in [5.74, 6) is -0.0606. The zero-order chi connectivity index (χ0) is 37.1. The minimum Gasteiger partial charge on any atom is -0.394 e. The van der Waals surface area contributed by atoms with Crippen molar-refractivity contribution in [3.63, 3.8) is 0 Å². The average molecular weight is 720 g/mol. The predicted octanol–water partition coefficient (Wildman–Crippen LogP) is 14.6. The molecule has 0 aliphatic carbocycles. The third kappa shape index (κ3) is 40.2. The van der Waals surface area contributed by atoms with E-state index in [0.717, 1.165) is 25.7 Å². The number of amides is 1. The van der Waals surface area contributed by atoms with Crippen molar-refractivity contribution >= 4 is 5.91 Å². The van der Waals surface area contributed by atoms with Crippen LogP contribution in [0.5, 0.6) is 0 Å². The number of aliphatic hydroxyl groups is 2. The largest absolute Gasteiger partial charge is 0.394 e. The van der Waals surface area contributed by atoms with Crippen LogP contribution < -0.4 is 5.32 Å². The van der Waals surface area contributed by atoms with Crippen molar-refractivity contribution < 1.29 is 15.0 Å². The molecule has 3 N–H and O–H groups in total. The van der Waals surface area contributed by atoms with Crippen LogP contribution in [0.25, 0.3) is 0 Å². The van der Waals surface area contributed by atoms with E-state index in [4.69, 9.17) is 0 Å². The van der Waals surface area contributed by atoms with Crippen LogP contribution in [0.1, 0.15) is 264 Å².